The fourth-order valence-electron chi connectivity index (χ4n) is 5.03. The van der Waals surface area contributed by atoms with Crippen LogP contribution >= 0.6 is 12.2 Å². The molecule has 10 heteroatoms. The molecular formula is C32H43N7O2S. The molecule has 3 heterocycles. The molecule has 1 saturated heterocycles. The number of anilines is 1. The van der Waals surface area contributed by atoms with Gasteiger partial charge < -0.3 is 30.5 Å². The number of nitrogens with zero attached hydrogens (tertiary/aromatic N) is 4. The van der Waals surface area contributed by atoms with Gasteiger partial charge in [-0.2, -0.15) is 0 Å². The summed E-state index contributed by atoms with van der Waals surface area (Å²) in [6.07, 6.45) is 6.06. The van der Waals surface area contributed by atoms with E-state index in [1.54, 1.807) is 0 Å². The van der Waals surface area contributed by atoms with Crippen molar-refractivity contribution in [3.8, 4) is 0 Å². The second kappa shape index (κ2) is 15.6. The number of aryl methyl sites for hydroxylation is 1. The number of para-hydroxylation sites is 2. The van der Waals surface area contributed by atoms with Gasteiger partial charge in [0.15, 0.2) is 5.11 Å². The first-order valence-electron chi connectivity index (χ1n) is 14.8. The van der Waals surface area contributed by atoms with E-state index in [-0.39, 0.29) is 0 Å². The van der Waals surface area contributed by atoms with Crippen LogP contribution < -0.4 is 10.6 Å². The van der Waals surface area contributed by atoms with E-state index in [0.717, 1.165) is 91.5 Å². The Hall–Kier alpha value is -3.60. The maximum atomic E-state index is 9.87. The number of hydrogen-bond donors (Lipinski definition) is 4. The highest BCUT2D eigenvalue weighted by molar-refractivity contribution is 7.80. The number of H-pyrrole nitrogens is 1. The van der Waals surface area contributed by atoms with Gasteiger partial charge in [-0.25, -0.2) is 4.98 Å². The van der Waals surface area contributed by atoms with E-state index >= 15 is 0 Å². The monoisotopic (exact) mass is 589 g/mol. The van der Waals surface area contributed by atoms with Gasteiger partial charge in [0.25, 0.3) is 0 Å². The largest absolute Gasteiger partial charge is 0.481 e. The molecular weight excluding hydrogens is 546 g/mol. The van der Waals surface area contributed by atoms with Crippen LogP contribution in [0.3, 0.4) is 0 Å². The number of aromatic nitrogens is 3. The molecule has 0 aliphatic carbocycles. The van der Waals surface area contributed by atoms with Crippen LogP contribution in [-0.4, -0.2) is 80.7 Å². The van der Waals surface area contributed by atoms with Gasteiger partial charge in [0.05, 0.1) is 22.9 Å². The number of fused-ring (bicyclic) bond motifs is 2. The number of thiocarbonyl (C=S) groups is 1. The predicted molar refractivity (Wildman–Crippen MR) is 175 cm³/mol. The zero-order valence-corrected chi connectivity index (χ0v) is 25.8. The van der Waals surface area contributed by atoms with Gasteiger partial charge in [-0.3, -0.25) is 9.78 Å². The average Bonchev–Trinajstić information content (AvgIpc) is 3.30. The summed E-state index contributed by atoms with van der Waals surface area (Å²) >= 11 is 5.68. The first-order chi connectivity index (χ1) is 20.3. The Balaban J connectivity index is 0.000000446. The molecule has 4 aromatic rings. The Kier molecular flexibility index (Phi) is 11.6. The molecule has 0 unspecified atom stereocenters. The van der Waals surface area contributed by atoms with E-state index in [1.807, 2.05) is 30.5 Å². The van der Waals surface area contributed by atoms with Gasteiger partial charge in [-0.05, 0) is 81.5 Å². The molecule has 0 bridgehead atoms. The van der Waals surface area contributed by atoms with Crippen LogP contribution in [0.1, 0.15) is 49.6 Å². The van der Waals surface area contributed by atoms with Crippen LogP contribution in [0.2, 0.25) is 0 Å². The number of rotatable bonds is 10. The molecule has 1 aliphatic heterocycles. The third-order valence-electron chi connectivity index (χ3n) is 7.51. The standard InChI is InChI=1S/C26H31N7S.C6H12O2/c1-18-21(9-10-27-16-20-17-28-24-5-3-4-6-25(24)30-20)22-15-19(7-8-23(22)29-18)31-26(34)33-13-11-32(2)12-14-33;1-2-3-4-5-6(7)8/h3-8,15,17,27,29H,9-14,16H2,1-2H3,(H,31,34);2-5H2,1H3,(H,7,8). The van der Waals surface area contributed by atoms with Crippen LogP contribution in [0.25, 0.3) is 21.9 Å². The zero-order valence-electron chi connectivity index (χ0n) is 24.9. The number of carboxylic acid groups (broad SMARTS) is 1. The molecule has 2 aromatic heterocycles. The third kappa shape index (κ3) is 8.95. The smallest absolute Gasteiger partial charge is 0.303 e. The first-order valence-corrected chi connectivity index (χ1v) is 15.2. The summed E-state index contributed by atoms with van der Waals surface area (Å²) in [5.74, 6) is -0.682. The van der Waals surface area contributed by atoms with Crippen molar-refractivity contribution in [3.63, 3.8) is 0 Å². The van der Waals surface area contributed by atoms with E-state index < -0.39 is 5.97 Å². The molecule has 0 spiro atoms. The maximum Gasteiger partial charge on any atom is 0.303 e. The van der Waals surface area contributed by atoms with Crippen molar-refractivity contribution in [1.82, 2.24) is 30.1 Å². The molecule has 0 atom stereocenters. The van der Waals surface area contributed by atoms with Gasteiger partial charge in [-0.1, -0.05) is 31.9 Å². The number of nitrogens with one attached hydrogen (secondary N) is 3. The van der Waals surface area contributed by atoms with Crippen LogP contribution in [0.15, 0.2) is 48.7 Å². The van der Waals surface area contributed by atoms with Gasteiger partial charge in [0, 0.05) is 61.4 Å². The Morgan fingerprint density at radius 2 is 1.86 bits per heavy atom. The molecule has 2 aromatic carbocycles. The van der Waals surface area contributed by atoms with Crippen molar-refractivity contribution < 1.29 is 9.90 Å². The van der Waals surface area contributed by atoms with Crippen molar-refractivity contribution in [2.45, 2.75) is 52.5 Å². The number of carbonyl (C=O) groups is 1. The zero-order chi connectivity index (χ0) is 29.9. The molecule has 42 heavy (non-hydrogen) atoms. The van der Waals surface area contributed by atoms with Gasteiger partial charge in [0.2, 0.25) is 0 Å². The number of aliphatic carboxylic acids is 1. The Morgan fingerprint density at radius 1 is 1.10 bits per heavy atom. The minimum Gasteiger partial charge on any atom is -0.481 e. The predicted octanol–water partition coefficient (Wildman–Crippen LogP) is 5.35. The summed E-state index contributed by atoms with van der Waals surface area (Å²) in [7, 11) is 2.15. The quantitative estimate of drug-likeness (QED) is 0.144. The summed E-state index contributed by atoms with van der Waals surface area (Å²) in [5.41, 5.74) is 7.56. The molecule has 0 amide bonds. The summed E-state index contributed by atoms with van der Waals surface area (Å²) in [6.45, 7) is 9.78. The average molecular weight is 590 g/mol. The lowest BCUT2D eigenvalue weighted by Crippen LogP contribution is -2.48. The second-order valence-electron chi connectivity index (χ2n) is 10.8. The second-order valence-corrected chi connectivity index (χ2v) is 11.2. The lowest BCUT2D eigenvalue weighted by Gasteiger charge is -2.34. The fourth-order valence-corrected chi connectivity index (χ4v) is 5.33. The highest BCUT2D eigenvalue weighted by Gasteiger charge is 2.17. The topological polar surface area (TPSA) is 109 Å². The van der Waals surface area contributed by atoms with Crippen molar-refractivity contribution in [2.24, 2.45) is 0 Å². The molecule has 4 N–H and O–H groups in total. The SMILES string of the molecule is CCCCCC(=O)O.Cc1[nH]c2ccc(NC(=S)N3CCN(C)CC3)cc2c1CCNCc1cnc2ccccc2n1. The molecule has 0 radical (unpaired) electrons. The van der Waals surface area contributed by atoms with Gasteiger partial charge in [0.1, 0.15) is 0 Å². The summed E-state index contributed by atoms with van der Waals surface area (Å²) in [4.78, 5) is 27.2. The van der Waals surface area contributed by atoms with E-state index in [1.165, 1.54) is 16.6 Å². The number of likely N-dealkylation sites (N-methyl/N-ethyl adjacent to an activating group) is 1. The van der Waals surface area contributed by atoms with E-state index in [9.17, 15) is 4.79 Å². The Morgan fingerprint density at radius 3 is 2.60 bits per heavy atom. The van der Waals surface area contributed by atoms with Gasteiger partial charge in [-0.15, -0.1) is 0 Å². The lowest BCUT2D eigenvalue weighted by molar-refractivity contribution is -0.137. The fraction of sp³-hybridized carbons (Fsp3) is 0.438. The van der Waals surface area contributed by atoms with Crippen LogP contribution in [0.5, 0.6) is 0 Å². The van der Waals surface area contributed by atoms with Crippen molar-refractivity contribution in [3.05, 3.63) is 65.6 Å². The number of benzene rings is 2. The first kappa shape index (κ1) is 31.3. The van der Waals surface area contributed by atoms with Gasteiger partial charge >= 0.3 is 5.97 Å². The number of aromatic amines is 1. The summed E-state index contributed by atoms with van der Waals surface area (Å²) in [6, 6.07) is 14.4. The lowest BCUT2D eigenvalue weighted by atomic mass is 10.1. The number of hydrogen-bond acceptors (Lipinski definition) is 6. The van der Waals surface area contributed by atoms with Crippen LogP contribution in [-0.2, 0) is 17.8 Å². The van der Waals surface area contributed by atoms with Crippen molar-refractivity contribution >= 4 is 50.9 Å². The van der Waals surface area contributed by atoms with Crippen molar-refractivity contribution in [2.75, 3.05) is 45.1 Å². The minimum atomic E-state index is -0.682. The highest BCUT2D eigenvalue weighted by Crippen LogP contribution is 2.26. The number of carboxylic acids is 1. The minimum absolute atomic E-state index is 0.327. The maximum absolute atomic E-state index is 9.87. The van der Waals surface area contributed by atoms with Crippen LogP contribution in [0.4, 0.5) is 5.69 Å². The molecule has 9 nitrogen and oxygen atoms in total. The number of unbranched alkanes of at least 4 members (excludes halogenated alkanes) is 2. The highest BCUT2D eigenvalue weighted by atomic mass is 32.1. The molecule has 5 rings (SSSR count). The van der Waals surface area contributed by atoms with E-state index in [4.69, 9.17) is 22.3 Å². The number of piperazine rings is 1. The normalized spacial score (nSPS) is 13.6. The van der Waals surface area contributed by atoms with E-state index in [2.05, 4.69) is 69.5 Å². The molecule has 1 aliphatic rings. The molecule has 224 valence electrons. The summed E-state index contributed by atoms with van der Waals surface area (Å²) < 4.78 is 0. The Labute approximate surface area is 253 Å². The summed E-state index contributed by atoms with van der Waals surface area (Å²) in [5, 5.41) is 17.2. The van der Waals surface area contributed by atoms with E-state index in [0.29, 0.717) is 13.0 Å². The molecule has 1 fully saturated rings. The van der Waals surface area contributed by atoms with Crippen molar-refractivity contribution in [1.29, 1.82) is 0 Å². The van der Waals surface area contributed by atoms with Crippen LogP contribution in [0, 0.1) is 6.92 Å². The molecule has 0 saturated carbocycles. The third-order valence-corrected chi connectivity index (χ3v) is 7.87. The Bertz CT molecular complexity index is 1480.